The Kier molecular flexibility index (Phi) is 3.58. The molecule has 2 N–H and O–H groups in total. The topological polar surface area (TPSA) is 26.0 Å². The average Bonchev–Trinajstić information content (AvgIpc) is 2.50. The number of halogens is 1. The second kappa shape index (κ2) is 5.37. The van der Waals surface area contributed by atoms with Crippen molar-refractivity contribution in [1.29, 1.82) is 0 Å². The van der Waals surface area contributed by atoms with Gasteiger partial charge in [0, 0.05) is 12.0 Å². The molecule has 20 heavy (non-hydrogen) atoms. The Morgan fingerprint density at radius 1 is 1.05 bits per heavy atom. The van der Waals surface area contributed by atoms with Crippen molar-refractivity contribution in [2.24, 2.45) is 5.73 Å². The Balaban J connectivity index is 2.03. The van der Waals surface area contributed by atoms with Crippen LogP contribution >= 0.6 is 0 Å². The molecule has 1 atom stereocenters. The molecule has 0 spiro atoms. The van der Waals surface area contributed by atoms with Crippen LogP contribution < -0.4 is 5.73 Å². The van der Waals surface area contributed by atoms with E-state index in [9.17, 15) is 4.39 Å². The maximum Gasteiger partial charge on any atom is 0.126 e. The van der Waals surface area contributed by atoms with E-state index in [1.165, 1.54) is 17.2 Å². The molecule has 1 nitrogen and oxygen atoms in total. The molecular weight excluding hydrogens is 249 g/mol. The highest BCUT2D eigenvalue weighted by atomic mass is 19.1. The zero-order chi connectivity index (χ0) is 14.0. The summed E-state index contributed by atoms with van der Waals surface area (Å²) < 4.78 is 14.0. The number of hydrogen-bond acceptors (Lipinski definition) is 1. The summed E-state index contributed by atoms with van der Waals surface area (Å²) >= 11 is 0. The van der Waals surface area contributed by atoms with Crippen molar-refractivity contribution < 1.29 is 4.39 Å². The minimum Gasteiger partial charge on any atom is -0.330 e. The third kappa shape index (κ3) is 2.25. The Morgan fingerprint density at radius 3 is 2.60 bits per heavy atom. The molecule has 0 amide bonds. The second-order valence-corrected chi connectivity index (χ2v) is 5.76. The molecule has 0 bridgehead atoms. The van der Waals surface area contributed by atoms with Crippen molar-refractivity contribution in [2.75, 3.05) is 6.54 Å². The maximum absolute atomic E-state index is 14.0. The van der Waals surface area contributed by atoms with E-state index in [0.717, 1.165) is 24.8 Å². The van der Waals surface area contributed by atoms with Gasteiger partial charge in [0.1, 0.15) is 5.82 Å². The van der Waals surface area contributed by atoms with Gasteiger partial charge in [-0.3, -0.25) is 0 Å². The Hall–Kier alpha value is -1.67. The molecule has 1 aliphatic carbocycles. The maximum atomic E-state index is 14.0. The van der Waals surface area contributed by atoms with Crippen LogP contribution in [0.5, 0.6) is 0 Å². The summed E-state index contributed by atoms with van der Waals surface area (Å²) in [5.74, 6) is -0.122. The molecule has 2 aromatic rings. The third-order valence-electron chi connectivity index (χ3n) is 4.57. The summed E-state index contributed by atoms with van der Waals surface area (Å²) in [6, 6.07) is 15.5. The number of rotatable bonds is 3. The summed E-state index contributed by atoms with van der Waals surface area (Å²) in [6.07, 6.45) is 3.96. The quantitative estimate of drug-likeness (QED) is 0.905. The predicted octanol–water partition coefficient (Wildman–Crippen LogP) is 3.60. The number of fused-ring (bicyclic) bond motifs is 1. The minimum atomic E-state index is -0.122. The Labute approximate surface area is 119 Å². The SMILES string of the molecule is NCC1(Cc2ccccc2F)CCCc2ccccc21. The first-order valence-electron chi connectivity index (χ1n) is 7.27. The molecule has 0 radical (unpaired) electrons. The molecule has 2 aromatic carbocycles. The standard InChI is InChI=1S/C18H20FN/c19-17-10-4-2-7-15(17)12-18(13-20)11-5-8-14-6-1-3-9-16(14)18/h1-4,6-7,9-10H,5,8,11-13,20H2. The normalized spacial score (nSPS) is 21.5. The van der Waals surface area contributed by atoms with Gasteiger partial charge in [0.15, 0.2) is 0 Å². The van der Waals surface area contributed by atoms with Crippen LogP contribution in [0.25, 0.3) is 0 Å². The number of nitrogens with two attached hydrogens (primary N) is 1. The third-order valence-corrected chi connectivity index (χ3v) is 4.57. The summed E-state index contributed by atoms with van der Waals surface area (Å²) in [6.45, 7) is 0.568. The Morgan fingerprint density at radius 2 is 1.80 bits per heavy atom. The molecular formula is C18H20FN. The lowest BCUT2D eigenvalue weighted by Gasteiger charge is -2.38. The summed E-state index contributed by atoms with van der Waals surface area (Å²) in [5.41, 5.74) is 9.48. The van der Waals surface area contributed by atoms with Gasteiger partial charge in [-0.15, -0.1) is 0 Å². The monoisotopic (exact) mass is 269 g/mol. The Bertz CT molecular complexity index is 608. The van der Waals surface area contributed by atoms with E-state index < -0.39 is 0 Å². The largest absolute Gasteiger partial charge is 0.330 e. The van der Waals surface area contributed by atoms with Crippen molar-refractivity contribution in [1.82, 2.24) is 0 Å². The van der Waals surface area contributed by atoms with Crippen LogP contribution in [0.4, 0.5) is 4.39 Å². The van der Waals surface area contributed by atoms with Gasteiger partial charge in [0.05, 0.1) is 0 Å². The first kappa shape index (κ1) is 13.3. The fourth-order valence-corrected chi connectivity index (χ4v) is 3.48. The first-order chi connectivity index (χ1) is 9.75. The molecule has 2 heteroatoms. The summed E-state index contributed by atoms with van der Waals surface area (Å²) in [5, 5.41) is 0. The fourth-order valence-electron chi connectivity index (χ4n) is 3.48. The van der Waals surface area contributed by atoms with Gasteiger partial charge in [-0.2, -0.15) is 0 Å². The van der Waals surface area contributed by atoms with E-state index in [4.69, 9.17) is 5.73 Å². The van der Waals surface area contributed by atoms with Crippen LogP contribution in [0.3, 0.4) is 0 Å². The fraction of sp³-hybridized carbons (Fsp3) is 0.333. The smallest absolute Gasteiger partial charge is 0.126 e. The van der Waals surface area contributed by atoms with E-state index in [1.807, 2.05) is 12.1 Å². The zero-order valence-electron chi connectivity index (χ0n) is 11.6. The molecule has 104 valence electrons. The molecule has 1 unspecified atom stereocenters. The van der Waals surface area contributed by atoms with Crippen LogP contribution in [0.2, 0.25) is 0 Å². The molecule has 0 fully saturated rings. The van der Waals surface area contributed by atoms with Crippen molar-refractivity contribution >= 4 is 0 Å². The summed E-state index contributed by atoms with van der Waals surface area (Å²) in [4.78, 5) is 0. The van der Waals surface area contributed by atoms with Gasteiger partial charge < -0.3 is 5.73 Å². The van der Waals surface area contributed by atoms with Gasteiger partial charge in [0.25, 0.3) is 0 Å². The lowest BCUT2D eigenvalue weighted by molar-refractivity contribution is 0.361. The highest BCUT2D eigenvalue weighted by Crippen LogP contribution is 2.39. The van der Waals surface area contributed by atoms with Crippen molar-refractivity contribution in [3.63, 3.8) is 0 Å². The van der Waals surface area contributed by atoms with E-state index in [2.05, 4.69) is 24.3 Å². The molecule has 0 saturated heterocycles. The number of aryl methyl sites for hydroxylation is 1. The molecule has 3 rings (SSSR count). The minimum absolute atomic E-state index is 0.114. The van der Waals surface area contributed by atoms with Gasteiger partial charge in [0.2, 0.25) is 0 Å². The van der Waals surface area contributed by atoms with Crippen LogP contribution in [0.1, 0.15) is 29.5 Å². The van der Waals surface area contributed by atoms with E-state index in [1.54, 1.807) is 6.07 Å². The van der Waals surface area contributed by atoms with Crippen molar-refractivity contribution in [2.45, 2.75) is 31.1 Å². The average molecular weight is 269 g/mol. The van der Waals surface area contributed by atoms with Crippen molar-refractivity contribution in [3.05, 3.63) is 71.0 Å². The predicted molar refractivity (Wildman–Crippen MR) is 80.2 cm³/mol. The lowest BCUT2D eigenvalue weighted by atomic mass is 9.67. The molecule has 0 aliphatic heterocycles. The van der Waals surface area contributed by atoms with Crippen LogP contribution in [-0.2, 0) is 18.3 Å². The van der Waals surface area contributed by atoms with Crippen molar-refractivity contribution in [3.8, 4) is 0 Å². The number of benzene rings is 2. The lowest BCUT2D eigenvalue weighted by Crippen LogP contribution is -2.40. The van der Waals surface area contributed by atoms with Crippen LogP contribution in [0.15, 0.2) is 48.5 Å². The molecule has 1 aliphatic rings. The van der Waals surface area contributed by atoms with Crippen LogP contribution in [-0.4, -0.2) is 6.54 Å². The van der Waals surface area contributed by atoms with Gasteiger partial charge >= 0.3 is 0 Å². The van der Waals surface area contributed by atoms with Gasteiger partial charge in [-0.25, -0.2) is 4.39 Å². The molecule has 0 saturated carbocycles. The van der Waals surface area contributed by atoms with Gasteiger partial charge in [-0.1, -0.05) is 42.5 Å². The van der Waals surface area contributed by atoms with E-state index >= 15 is 0 Å². The van der Waals surface area contributed by atoms with Gasteiger partial charge in [-0.05, 0) is 48.4 Å². The number of hydrogen-bond donors (Lipinski definition) is 1. The molecule has 0 aromatic heterocycles. The molecule has 0 heterocycles. The highest BCUT2D eigenvalue weighted by Gasteiger charge is 2.35. The summed E-state index contributed by atoms with van der Waals surface area (Å²) in [7, 11) is 0. The zero-order valence-corrected chi connectivity index (χ0v) is 11.6. The first-order valence-corrected chi connectivity index (χ1v) is 7.27. The van der Waals surface area contributed by atoms with Crippen LogP contribution in [0, 0.1) is 5.82 Å². The highest BCUT2D eigenvalue weighted by molar-refractivity contribution is 5.39. The van der Waals surface area contributed by atoms with E-state index in [-0.39, 0.29) is 11.2 Å². The second-order valence-electron chi connectivity index (χ2n) is 5.76. The van der Waals surface area contributed by atoms with E-state index in [0.29, 0.717) is 13.0 Å².